The molecule has 1 aliphatic carbocycles. The van der Waals surface area contributed by atoms with Crippen molar-refractivity contribution in [3.8, 4) is 0 Å². The highest BCUT2D eigenvalue weighted by Gasteiger charge is 2.38. The smallest absolute Gasteiger partial charge is 0.0931 e. The average Bonchev–Trinajstić information content (AvgIpc) is 2.85. The van der Waals surface area contributed by atoms with Gasteiger partial charge in [0.2, 0.25) is 0 Å². The van der Waals surface area contributed by atoms with Crippen molar-refractivity contribution < 1.29 is 0 Å². The van der Waals surface area contributed by atoms with Crippen LogP contribution in [0.3, 0.4) is 0 Å². The van der Waals surface area contributed by atoms with E-state index in [1.807, 2.05) is 17.4 Å². The first kappa shape index (κ1) is 13.6. The zero-order chi connectivity index (χ0) is 13.2. The number of hydrogen-bond acceptors (Lipinski definition) is 3. The minimum absolute atomic E-state index is 0.323. The van der Waals surface area contributed by atoms with Crippen LogP contribution in [0.2, 0.25) is 4.34 Å². The molecule has 3 atom stereocenters. The SMILES string of the molecule is CCCC1CC1NC(c1cccs1)c1ccc(Cl)s1. The molecule has 2 heterocycles. The van der Waals surface area contributed by atoms with Crippen molar-refractivity contribution in [1.29, 1.82) is 0 Å². The Morgan fingerprint density at radius 3 is 2.89 bits per heavy atom. The molecule has 1 aliphatic rings. The zero-order valence-corrected chi connectivity index (χ0v) is 13.3. The van der Waals surface area contributed by atoms with E-state index >= 15 is 0 Å². The topological polar surface area (TPSA) is 12.0 Å². The van der Waals surface area contributed by atoms with Crippen molar-refractivity contribution in [1.82, 2.24) is 5.32 Å². The van der Waals surface area contributed by atoms with Gasteiger partial charge in [-0.15, -0.1) is 22.7 Å². The lowest BCUT2D eigenvalue weighted by atomic mass is 10.2. The highest BCUT2D eigenvalue weighted by molar-refractivity contribution is 7.16. The summed E-state index contributed by atoms with van der Waals surface area (Å²) < 4.78 is 0.874. The average molecular weight is 312 g/mol. The third kappa shape index (κ3) is 3.22. The molecular weight excluding hydrogens is 294 g/mol. The van der Waals surface area contributed by atoms with Gasteiger partial charge in [-0.1, -0.05) is 31.0 Å². The van der Waals surface area contributed by atoms with E-state index in [0.29, 0.717) is 12.1 Å². The van der Waals surface area contributed by atoms with E-state index in [-0.39, 0.29) is 0 Å². The van der Waals surface area contributed by atoms with Gasteiger partial charge in [-0.2, -0.15) is 0 Å². The quantitative estimate of drug-likeness (QED) is 0.760. The van der Waals surface area contributed by atoms with E-state index in [1.165, 1.54) is 29.0 Å². The molecule has 4 heteroatoms. The van der Waals surface area contributed by atoms with Crippen LogP contribution in [0.1, 0.15) is 42.0 Å². The molecule has 0 saturated heterocycles. The molecule has 0 bridgehead atoms. The van der Waals surface area contributed by atoms with Crippen LogP contribution in [0.5, 0.6) is 0 Å². The van der Waals surface area contributed by atoms with Gasteiger partial charge in [-0.3, -0.25) is 0 Å². The predicted molar refractivity (Wildman–Crippen MR) is 85.4 cm³/mol. The summed E-state index contributed by atoms with van der Waals surface area (Å²) in [6, 6.07) is 9.51. The largest absolute Gasteiger partial charge is 0.302 e. The molecule has 1 nitrogen and oxygen atoms in total. The van der Waals surface area contributed by atoms with Gasteiger partial charge in [0, 0.05) is 15.8 Å². The van der Waals surface area contributed by atoms with Gasteiger partial charge in [-0.25, -0.2) is 0 Å². The van der Waals surface area contributed by atoms with Crippen molar-refractivity contribution in [2.75, 3.05) is 0 Å². The molecular formula is C15H18ClNS2. The Labute approximate surface area is 127 Å². The van der Waals surface area contributed by atoms with Crippen LogP contribution in [-0.2, 0) is 0 Å². The first-order chi connectivity index (χ1) is 9.28. The molecule has 0 spiro atoms. The van der Waals surface area contributed by atoms with E-state index in [4.69, 9.17) is 11.6 Å². The normalized spacial score (nSPS) is 23.5. The monoisotopic (exact) mass is 311 g/mol. The number of nitrogens with one attached hydrogen (secondary N) is 1. The van der Waals surface area contributed by atoms with Crippen LogP contribution in [0.4, 0.5) is 0 Å². The predicted octanol–water partition coefficient (Wildman–Crippen LogP) is 5.33. The lowest BCUT2D eigenvalue weighted by Crippen LogP contribution is -2.24. The van der Waals surface area contributed by atoms with E-state index in [0.717, 1.165) is 10.3 Å². The standard InChI is InChI=1S/C15H18ClNS2/c1-2-4-10-9-11(10)17-15(12-5-3-8-18-12)13-6-7-14(16)19-13/h3,5-8,10-11,15,17H,2,4,9H2,1H3. The maximum Gasteiger partial charge on any atom is 0.0931 e. The first-order valence-electron chi connectivity index (χ1n) is 6.82. The Balaban J connectivity index is 1.75. The van der Waals surface area contributed by atoms with E-state index in [1.54, 1.807) is 11.3 Å². The van der Waals surface area contributed by atoms with Gasteiger partial charge in [0.25, 0.3) is 0 Å². The lowest BCUT2D eigenvalue weighted by Gasteiger charge is -2.16. The molecule has 3 rings (SSSR count). The summed E-state index contributed by atoms with van der Waals surface area (Å²) in [6.07, 6.45) is 3.96. The van der Waals surface area contributed by atoms with Crippen molar-refractivity contribution >= 4 is 34.3 Å². The van der Waals surface area contributed by atoms with Gasteiger partial charge in [-0.05, 0) is 42.3 Å². The summed E-state index contributed by atoms with van der Waals surface area (Å²) in [6.45, 7) is 2.27. The van der Waals surface area contributed by atoms with Gasteiger partial charge < -0.3 is 5.32 Å². The van der Waals surface area contributed by atoms with Crippen LogP contribution in [0, 0.1) is 5.92 Å². The Bertz CT molecular complexity index is 520. The van der Waals surface area contributed by atoms with Gasteiger partial charge >= 0.3 is 0 Å². The van der Waals surface area contributed by atoms with Crippen molar-refractivity contribution in [3.63, 3.8) is 0 Å². The number of hydrogen-bond donors (Lipinski definition) is 1. The zero-order valence-electron chi connectivity index (χ0n) is 10.9. The summed E-state index contributed by atoms with van der Waals surface area (Å²) >= 11 is 9.60. The van der Waals surface area contributed by atoms with Crippen molar-refractivity contribution in [2.45, 2.75) is 38.3 Å². The number of rotatable bonds is 6. The van der Waals surface area contributed by atoms with E-state index < -0.39 is 0 Å². The second kappa shape index (κ2) is 5.96. The third-order valence-corrected chi connectivity index (χ3v) is 5.90. The molecule has 2 aromatic rings. The Morgan fingerprint density at radius 1 is 1.37 bits per heavy atom. The lowest BCUT2D eigenvalue weighted by molar-refractivity contribution is 0.560. The molecule has 0 aromatic carbocycles. The highest BCUT2D eigenvalue weighted by atomic mass is 35.5. The first-order valence-corrected chi connectivity index (χ1v) is 8.90. The minimum atomic E-state index is 0.323. The van der Waals surface area contributed by atoms with E-state index in [9.17, 15) is 0 Å². The van der Waals surface area contributed by atoms with Crippen molar-refractivity contribution in [3.05, 3.63) is 43.7 Å². The molecule has 1 fully saturated rings. The molecule has 1 N–H and O–H groups in total. The summed E-state index contributed by atoms with van der Waals surface area (Å²) in [5, 5.41) is 5.97. The maximum absolute atomic E-state index is 6.09. The minimum Gasteiger partial charge on any atom is -0.302 e. The molecule has 102 valence electrons. The molecule has 0 amide bonds. The number of halogens is 1. The molecule has 0 radical (unpaired) electrons. The maximum atomic E-state index is 6.09. The van der Waals surface area contributed by atoms with Gasteiger partial charge in [0.15, 0.2) is 0 Å². The van der Waals surface area contributed by atoms with E-state index in [2.05, 4.69) is 35.8 Å². The summed E-state index contributed by atoms with van der Waals surface area (Å²) in [5.74, 6) is 0.878. The second-order valence-electron chi connectivity index (χ2n) is 5.15. The van der Waals surface area contributed by atoms with Crippen LogP contribution in [0.25, 0.3) is 0 Å². The fraction of sp³-hybridized carbons (Fsp3) is 0.467. The number of thiophene rings is 2. The summed E-state index contributed by atoms with van der Waals surface area (Å²) in [5.41, 5.74) is 0. The fourth-order valence-corrected chi connectivity index (χ4v) is 4.62. The van der Waals surface area contributed by atoms with Crippen LogP contribution < -0.4 is 5.32 Å². The van der Waals surface area contributed by atoms with Crippen LogP contribution in [-0.4, -0.2) is 6.04 Å². The molecule has 1 saturated carbocycles. The molecule has 2 aromatic heterocycles. The highest BCUT2D eigenvalue weighted by Crippen LogP contribution is 2.40. The second-order valence-corrected chi connectivity index (χ2v) is 7.87. The summed E-state index contributed by atoms with van der Waals surface area (Å²) in [4.78, 5) is 2.72. The Kier molecular flexibility index (Phi) is 4.27. The van der Waals surface area contributed by atoms with Gasteiger partial charge in [0.1, 0.15) is 0 Å². The third-order valence-electron chi connectivity index (χ3n) is 3.67. The van der Waals surface area contributed by atoms with Crippen LogP contribution in [0.15, 0.2) is 29.6 Å². The van der Waals surface area contributed by atoms with Crippen LogP contribution >= 0.6 is 34.3 Å². The Morgan fingerprint density at radius 2 is 2.26 bits per heavy atom. The molecule has 3 unspecified atom stereocenters. The summed E-state index contributed by atoms with van der Waals surface area (Å²) in [7, 11) is 0. The van der Waals surface area contributed by atoms with Crippen molar-refractivity contribution in [2.24, 2.45) is 5.92 Å². The fourth-order valence-electron chi connectivity index (χ4n) is 2.60. The molecule has 0 aliphatic heterocycles. The van der Waals surface area contributed by atoms with Gasteiger partial charge in [0.05, 0.1) is 10.4 Å². The Hall–Kier alpha value is -0.350. The molecule has 19 heavy (non-hydrogen) atoms.